The van der Waals surface area contributed by atoms with Crippen molar-refractivity contribution in [3.05, 3.63) is 0 Å². The Labute approximate surface area is 183 Å². The minimum absolute atomic E-state index is 0.00974. The molecule has 170 valence electrons. The number of aliphatic hydroxyl groups excluding tert-OH is 1. The standard InChI is InChI=1S/C27H44O3/c1-16(2)7-6-8-17(3)19-9-10-20-23-21(12-14-26(19,20)4)27(5)13-11-18(28)15-22(27)24(29)25(23)30/h16-17,19-23,25,30H,6-15H2,1-5H3/t17-,19-,20+,21+,22?,23+,25?,26-,27-/m1/s1. The molecule has 0 saturated heterocycles. The summed E-state index contributed by atoms with van der Waals surface area (Å²) in [5.41, 5.74) is 0.171. The van der Waals surface area contributed by atoms with Gasteiger partial charge in [0.2, 0.25) is 0 Å². The summed E-state index contributed by atoms with van der Waals surface area (Å²) in [5.74, 6) is 3.15. The predicted octanol–water partition coefficient (Wildman–Crippen LogP) is 5.83. The summed E-state index contributed by atoms with van der Waals surface area (Å²) in [6.07, 6.45) is 9.70. The summed E-state index contributed by atoms with van der Waals surface area (Å²) in [5, 5.41) is 11.2. The van der Waals surface area contributed by atoms with Crippen molar-refractivity contribution in [2.45, 2.75) is 105 Å². The van der Waals surface area contributed by atoms with Crippen molar-refractivity contribution in [2.75, 3.05) is 0 Å². The third-order valence-electron chi connectivity index (χ3n) is 10.6. The lowest BCUT2D eigenvalue weighted by Gasteiger charge is -2.61. The average molecular weight is 417 g/mol. The molecule has 4 fully saturated rings. The molecule has 4 aliphatic carbocycles. The first-order chi connectivity index (χ1) is 14.1. The summed E-state index contributed by atoms with van der Waals surface area (Å²) in [6, 6.07) is 0. The molecule has 9 atom stereocenters. The van der Waals surface area contributed by atoms with Crippen LogP contribution in [0.15, 0.2) is 0 Å². The molecule has 0 amide bonds. The Morgan fingerprint density at radius 1 is 0.967 bits per heavy atom. The van der Waals surface area contributed by atoms with Crippen LogP contribution in [-0.4, -0.2) is 22.8 Å². The summed E-state index contributed by atoms with van der Waals surface area (Å²) in [6.45, 7) is 11.8. The first-order valence-corrected chi connectivity index (χ1v) is 12.8. The third-order valence-corrected chi connectivity index (χ3v) is 10.6. The zero-order valence-corrected chi connectivity index (χ0v) is 20.0. The summed E-state index contributed by atoms with van der Waals surface area (Å²) >= 11 is 0. The Morgan fingerprint density at radius 2 is 1.67 bits per heavy atom. The maximum absolute atomic E-state index is 13.3. The zero-order chi connectivity index (χ0) is 21.8. The van der Waals surface area contributed by atoms with E-state index in [0.29, 0.717) is 24.7 Å². The minimum atomic E-state index is -0.849. The first kappa shape index (κ1) is 22.5. The van der Waals surface area contributed by atoms with Crippen LogP contribution < -0.4 is 0 Å². The van der Waals surface area contributed by atoms with Gasteiger partial charge in [-0.15, -0.1) is 0 Å². The molecule has 0 bridgehead atoms. The van der Waals surface area contributed by atoms with Crippen LogP contribution in [0.3, 0.4) is 0 Å². The second-order valence-electron chi connectivity index (χ2n) is 12.5. The largest absolute Gasteiger partial charge is 0.385 e. The molecule has 3 nitrogen and oxygen atoms in total. The summed E-state index contributed by atoms with van der Waals surface area (Å²) < 4.78 is 0. The molecule has 0 radical (unpaired) electrons. The van der Waals surface area contributed by atoms with E-state index in [0.717, 1.165) is 30.6 Å². The van der Waals surface area contributed by atoms with Gasteiger partial charge in [0.15, 0.2) is 5.78 Å². The lowest BCUT2D eigenvalue weighted by molar-refractivity contribution is -0.181. The van der Waals surface area contributed by atoms with Crippen LogP contribution in [0.2, 0.25) is 0 Å². The van der Waals surface area contributed by atoms with E-state index in [4.69, 9.17) is 0 Å². The molecule has 0 spiro atoms. The molecule has 4 saturated carbocycles. The van der Waals surface area contributed by atoms with Crippen LogP contribution >= 0.6 is 0 Å². The topological polar surface area (TPSA) is 54.4 Å². The highest BCUT2D eigenvalue weighted by atomic mass is 16.3. The van der Waals surface area contributed by atoms with E-state index in [1.165, 1.54) is 38.5 Å². The highest BCUT2D eigenvalue weighted by Crippen LogP contribution is 2.67. The fourth-order valence-electron chi connectivity index (χ4n) is 8.84. The Bertz CT molecular complexity index is 684. The molecule has 1 N–H and O–H groups in total. The number of hydrogen-bond donors (Lipinski definition) is 1. The Balaban J connectivity index is 1.56. The highest BCUT2D eigenvalue weighted by Gasteiger charge is 2.65. The normalized spacial score (nSPS) is 47.0. The van der Waals surface area contributed by atoms with Gasteiger partial charge in [0.05, 0.1) is 0 Å². The molecule has 30 heavy (non-hydrogen) atoms. The Hall–Kier alpha value is -0.700. The van der Waals surface area contributed by atoms with Crippen molar-refractivity contribution in [1.29, 1.82) is 0 Å². The van der Waals surface area contributed by atoms with E-state index in [1.54, 1.807) is 0 Å². The van der Waals surface area contributed by atoms with Crippen molar-refractivity contribution in [1.82, 2.24) is 0 Å². The van der Waals surface area contributed by atoms with Gasteiger partial charge in [-0.3, -0.25) is 9.59 Å². The molecule has 0 aromatic carbocycles. The Kier molecular flexibility index (Phi) is 6.01. The lowest BCUT2D eigenvalue weighted by atomic mass is 9.43. The smallest absolute Gasteiger partial charge is 0.165 e. The van der Waals surface area contributed by atoms with Gasteiger partial charge in [0.1, 0.15) is 11.9 Å². The zero-order valence-electron chi connectivity index (χ0n) is 20.0. The maximum Gasteiger partial charge on any atom is 0.165 e. The van der Waals surface area contributed by atoms with E-state index in [9.17, 15) is 14.7 Å². The fourth-order valence-corrected chi connectivity index (χ4v) is 8.84. The number of ketones is 2. The van der Waals surface area contributed by atoms with Gasteiger partial charge in [-0.2, -0.15) is 0 Å². The van der Waals surface area contributed by atoms with Crippen LogP contribution in [0.5, 0.6) is 0 Å². The predicted molar refractivity (Wildman–Crippen MR) is 120 cm³/mol. The van der Waals surface area contributed by atoms with E-state index >= 15 is 0 Å². The SMILES string of the molecule is CC(C)CCC[C@@H](C)[C@H]1CC[C@H]2[C@@H]3C(O)C(=O)C4CC(=O)CC[C@]4(C)[C@H]3CC[C@]12C. The monoisotopic (exact) mass is 416 g/mol. The molecule has 0 heterocycles. The first-order valence-electron chi connectivity index (χ1n) is 12.8. The average Bonchev–Trinajstić information content (AvgIpc) is 3.04. The van der Waals surface area contributed by atoms with Crippen LogP contribution in [0.1, 0.15) is 98.8 Å². The van der Waals surface area contributed by atoms with Gasteiger partial charge in [0.25, 0.3) is 0 Å². The molecular formula is C27H44O3. The summed E-state index contributed by atoms with van der Waals surface area (Å²) in [4.78, 5) is 25.4. The molecule has 3 heteroatoms. The van der Waals surface area contributed by atoms with E-state index < -0.39 is 6.10 Å². The molecule has 4 aliphatic rings. The van der Waals surface area contributed by atoms with Crippen LogP contribution in [0, 0.1) is 52.3 Å². The van der Waals surface area contributed by atoms with Gasteiger partial charge in [-0.1, -0.05) is 53.9 Å². The summed E-state index contributed by atoms with van der Waals surface area (Å²) in [7, 11) is 0. The van der Waals surface area contributed by atoms with Crippen LogP contribution in [0.4, 0.5) is 0 Å². The van der Waals surface area contributed by atoms with Crippen molar-refractivity contribution in [3.8, 4) is 0 Å². The number of rotatable bonds is 5. The molecular weight excluding hydrogens is 372 g/mol. The van der Waals surface area contributed by atoms with Crippen molar-refractivity contribution < 1.29 is 14.7 Å². The Morgan fingerprint density at radius 3 is 2.37 bits per heavy atom. The number of carbonyl (C=O) groups is 2. The number of Topliss-reactive ketones (excluding diaryl/α,β-unsaturated/α-hetero) is 2. The van der Waals surface area contributed by atoms with Crippen molar-refractivity contribution >= 4 is 11.6 Å². The highest BCUT2D eigenvalue weighted by molar-refractivity contribution is 5.93. The lowest BCUT2D eigenvalue weighted by Crippen LogP contribution is -2.62. The van der Waals surface area contributed by atoms with E-state index in [2.05, 4.69) is 34.6 Å². The molecule has 0 aromatic heterocycles. The fraction of sp³-hybridized carbons (Fsp3) is 0.926. The van der Waals surface area contributed by atoms with Gasteiger partial charge >= 0.3 is 0 Å². The van der Waals surface area contributed by atoms with E-state index in [1.807, 2.05) is 0 Å². The second kappa shape index (κ2) is 8.01. The maximum atomic E-state index is 13.3. The van der Waals surface area contributed by atoms with Gasteiger partial charge in [0, 0.05) is 18.8 Å². The minimum Gasteiger partial charge on any atom is -0.385 e. The van der Waals surface area contributed by atoms with Crippen molar-refractivity contribution in [3.63, 3.8) is 0 Å². The van der Waals surface area contributed by atoms with Gasteiger partial charge in [-0.05, 0) is 78.4 Å². The van der Waals surface area contributed by atoms with Crippen LogP contribution in [0.25, 0.3) is 0 Å². The second-order valence-corrected chi connectivity index (χ2v) is 12.5. The number of aliphatic hydroxyl groups is 1. The number of fused-ring (bicyclic) bond motifs is 5. The molecule has 0 aromatic rings. The number of hydrogen-bond acceptors (Lipinski definition) is 3. The quantitative estimate of drug-likeness (QED) is 0.614. The van der Waals surface area contributed by atoms with Crippen LogP contribution in [-0.2, 0) is 9.59 Å². The molecule has 2 unspecified atom stereocenters. The molecule has 4 rings (SSSR count). The van der Waals surface area contributed by atoms with Gasteiger partial charge in [-0.25, -0.2) is 0 Å². The van der Waals surface area contributed by atoms with Gasteiger partial charge < -0.3 is 5.11 Å². The molecule has 0 aliphatic heterocycles. The van der Waals surface area contributed by atoms with Crippen molar-refractivity contribution in [2.24, 2.45) is 52.3 Å². The van der Waals surface area contributed by atoms with E-state index in [-0.39, 0.29) is 34.2 Å². The third kappa shape index (κ3) is 3.42. The number of carbonyl (C=O) groups excluding carboxylic acids is 2.